The van der Waals surface area contributed by atoms with Crippen molar-refractivity contribution in [3.05, 3.63) is 5.57 Å². The molecule has 0 N–H and O–H groups in total. The molecule has 0 rings (SSSR count). The number of hydrogen-bond acceptors (Lipinski definition) is 1. The van der Waals surface area contributed by atoms with Crippen molar-refractivity contribution in [3.63, 3.8) is 0 Å². The van der Waals surface area contributed by atoms with E-state index in [4.69, 9.17) is 0 Å². The number of hydrogen-bond donors (Lipinski definition) is 0. The van der Waals surface area contributed by atoms with Gasteiger partial charge in [0.1, 0.15) is 5.94 Å². The first kappa shape index (κ1) is 27.3. The average molecular weight is 474 g/mol. The van der Waals surface area contributed by atoms with Crippen LogP contribution in [-0.4, -0.2) is 53.6 Å². The summed E-state index contributed by atoms with van der Waals surface area (Å²) in [6.07, 6.45) is -7.80. The molecule has 0 amide bonds. The lowest BCUT2D eigenvalue weighted by Gasteiger charge is -2.42. The third-order valence-corrected chi connectivity index (χ3v) is 3.35. The van der Waals surface area contributed by atoms with Gasteiger partial charge in [-0.2, -0.15) is 74.6 Å². The van der Waals surface area contributed by atoms with Gasteiger partial charge in [-0.25, -0.2) is 4.79 Å². The van der Waals surface area contributed by atoms with E-state index in [2.05, 4.69) is 0 Å². The average Bonchev–Trinajstić information content (AvgIpc) is 2.51. The third kappa shape index (κ3) is 3.22. The Labute approximate surface area is 147 Å². The van der Waals surface area contributed by atoms with Crippen LogP contribution in [0.1, 0.15) is 6.92 Å². The molecular weight excluding hydrogens is 471 g/mol. The minimum atomic E-state index is -8.68. The van der Waals surface area contributed by atoms with Gasteiger partial charge < -0.3 is 0 Å². The summed E-state index contributed by atoms with van der Waals surface area (Å²) in [5.74, 6) is -57.4. The lowest BCUT2D eigenvalue weighted by Crippen LogP contribution is -2.74. The van der Waals surface area contributed by atoms with Crippen LogP contribution in [0.25, 0.3) is 0 Å². The van der Waals surface area contributed by atoms with Gasteiger partial charge in [-0.15, -0.1) is 0 Å². The fourth-order valence-corrected chi connectivity index (χ4v) is 1.46. The molecule has 0 unspecified atom stereocenters. The van der Waals surface area contributed by atoms with Gasteiger partial charge in [0.25, 0.3) is 0 Å². The van der Waals surface area contributed by atoms with Crippen LogP contribution in [0.15, 0.2) is 5.57 Å². The molecule has 0 spiro atoms. The molecule has 29 heavy (non-hydrogen) atoms. The van der Waals surface area contributed by atoms with E-state index in [1.807, 2.05) is 0 Å². The van der Waals surface area contributed by atoms with Crippen LogP contribution < -0.4 is 0 Å². The number of alkyl halides is 17. The van der Waals surface area contributed by atoms with Crippen molar-refractivity contribution in [1.82, 2.24) is 0 Å². The Bertz CT molecular complexity index is 678. The van der Waals surface area contributed by atoms with Crippen LogP contribution in [0.3, 0.4) is 0 Å². The standard InChI is InChI=1S/C11H3F17O/c1-3(2-29)4(12,13)5(14,15)6(16,17)7(18,19)8(20,21)9(22,23)10(24,25)11(26,27)28/h1H3. The van der Waals surface area contributed by atoms with Gasteiger partial charge in [-0.1, -0.05) is 0 Å². The first-order chi connectivity index (χ1) is 12.2. The summed E-state index contributed by atoms with van der Waals surface area (Å²) >= 11 is 0. The quantitative estimate of drug-likeness (QED) is 0.338. The first-order valence-electron chi connectivity index (χ1n) is 6.17. The van der Waals surface area contributed by atoms with Gasteiger partial charge >= 0.3 is 47.6 Å². The summed E-state index contributed by atoms with van der Waals surface area (Å²) < 4.78 is 218. The second-order valence-corrected chi connectivity index (χ2v) is 5.25. The summed E-state index contributed by atoms with van der Waals surface area (Å²) in [7, 11) is 0. The molecule has 0 saturated heterocycles. The molecule has 0 aromatic rings. The molecule has 172 valence electrons. The molecule has 1 nitrogen and oxygen atoms in total. The number of rotatable bonds is 7. The summed E-state index contributed by atoms with van der Waals surface area (Å²) in [5, 5.41) is 0. The van der Waals surface area contributed by atoms with Crippen molar-refractivity contribution < 1.29 is 79.4 Å². The largest absolute Gasteiger partial charge is 0.460 e. The second-order valence-electron chi connectivity index (χ2n) is 5.25. The highest BCUT2D eigenvalue weighted by Crippen LogP contribution is 2.64. The van der Waals surface area contributed by atoms with Crippen molar-refractivity contribution in [2.24, 2.45) is 0 Å². The highest BCUT2D eigenvalue weighted by molar-refractivity contribution is 5.55. The minimum absolute atomic E-state index is 0.198. The van der Waals surface area contributed by atoms with Crippen LogP contribution >= 0.6 is 0 Å². The maximum absolute atomic E-state index is 13.2. The number of allylic oxidation sites excluding steroid dienone is 1. The molecule has 0 bridgehead atoms. The lowest BCUT2D eigenvalue weighted by molar-refractivity contribution is -0.460. The van der Waals surface area contributed by atoms with Crippen molar-refractivity contribution in [3.8, 4) is 0 Å². The van der Waals surface area contributed by atoms with E-state index in [9.17, 15) is 79.4 Å². The molecule has 18 heteroatoms. The maximum Gasteiger partial charge on any atom is 0.460 e. The Morgan fingerprint density at radius 3 is 0.966 bits per heavy atom. The molecule has 0 radical (unpaired) electrons. The highest BCUT2D eigenvalue weighted by Gasteiger charge is 2.95. The molecule has 0 aliphatic rings. The van der Waals surface area contributed by atoms with E-state index < -0.39 is 60.1 Å². The molecule has 0 aromatic carbocycles. The number of carbonyl (C=O) groups excluding carboxylic acids is 1. The fraction of sp³-hybridized carbons (Fsp3) is 0.818. The van der Waals surface area contributed by atoms with E-state index in [0.717, 1.165) is 0 Å². The van der Waals surface area contributed by atoms with Gasteiger partial charge in [0.2, 0.25) is 0 Å². The van der Waals surface area contributed by atoms with E-state index in [-0.39, 0.29) is 5.94 Å². The van der Waals surface area contributed by atoms with E-state index in [1.165, 1.54) is 0 Å². The lowest BCUT2D eigenvalue weighted by atomic mass is 9.87. The summed E-state index contributed by atoms with van der Waals surface area (Å²) in [5.41, 5.74) is -2.85. The van der Waals surface area contributed by atoms with Crippen molar-refractivity contribution in [2.45, 2.75) is 54.6 Å². The summed E-state index contributed by atoms with van der Waals surface area (Å²) in [6, 6.07) is 0. The molecule has 0 aliphatic heterocycles. The van der Waals surface area contributed by atoms with Crippen molar-refractivity contribution in [1.29, 1.82) is 0 Å². The molecule has 0 atom stereocenters. The Morgan fingerprint density at radius 2 is 0.724 bits per heavy atom. The number of halogens is 17. The predicted molar refractivity (Wildman–Crippen MR) is 55.6 cm³/mol. The fourth-order valence-electron chi connectivity index (χ4n) is 1.46. The van der Waals surface area contributed by atoms with Gasteiger partial charge in [-0.05, 0) is 6.92 Å². The van der Waals surface area contributed by atoms with Gasteiger partial charge in [-0.3, -0.25) is 0 Å². The predicted octanol–water partition coefficient (Wildman–Crippen LogP) is 5.77. The third-order valence-electron chi connectivity index (χ3n) is 3.35. The van der Waals surface area contributed by atoms with Gasteiger partial charge in [0.05, 0.1) is 5.57 Å². The van der Waals surface area contributed by atoms with Crippen molar-refractivity contribution in [2.75, 3.05) is 0 Å². The highest BCUT2D eigenvalue weighted by atomic mass is 19.4. The maximum atomic E-state index is 13.2. The SMILES string of the molecule is CC(=C=O)C(F)(F)C(F)(F)C(F)(F)C(F)(F)C(F)(F)C(F)(F)C(F)(F)C(F)(F)F. The van der Waals surface area contributed by atoms with Crippen molar-refractivity contribution >= 4 is 5.94 Å². The van der Waals surface area contributed by atoms with Gasteiger partial charge in [0, 0.05) is 0 Å². The smallest absolute Gasteiger partial charge is 0.233 e. The zero-order chi connectivity index (χ0) is 24.3. The molecule has 0 fully saturated rings. The Kier molecular flexibility index (Phi) is 6.24. The molecule has 0 aliphatic carbocycles. The van der Waals surface area contributed by atoms with Crippen LogP contribution in [-0.2, 0) is 4.79 Å². The molecule has 0 heterocycles. The van der Waals surface area contributed by atoms with E-state index in [0.29, 0.717) is 0 Å². The zero-order valence-corrected chi connectivity index (χ0v) is 12.8. The normalized spacial score (nSPS) is 15.9. The van der Waals surface area contributed by atoms with E-state index >= 15 is 0 Å². The zero-order valence-electron chi connectivity index (χ0n) is 12.8. The summed E-state index contributed by atoms with van der Waals surface area (Å²) in [6.45, 7) is -0.473. The minimum Gasteiger partial charge on any atom is -0.233 e. The Morgan fingerprint density at radius 1 is 0.483 bits per heavy atom. The van der Waals surface area contributed by atoms with Crippen LogP contribution in [0, 0.1) is 0 Å². The molecule has 0 aromatic heterocycles. The molecular formula is C11H3F17O. The Balaban J connectivity index is 6.85. The van der Waals surface area contributed by atoms with Gasteiger partial charge in [0.15, 0.2) is 0 Å². The second kappa shape index (κ2) is 6.63. The first-order valence-corrected chi connectivity index (χ1v) is 6.17. The van der Waals surface area contributed by atoms with Crippen LogP contribution in [0.2, 0.25) is 0 Å². The topological polar surface area (TPSA) is 17.1 Å². The monoisotopic (exact) mass is 474 g/mol. The van der Waals surface area contributed by atoms with Crippen LogP contribution in [0.5, 0.6) is 0 Å². The Hall–Kier alpha value is -1.74. The van der Waals surface area contributed by atoms with Crippen LogP contribution in [0.4, 0.5) is 74.6 Å². The van der Waals surface area contributed by atoms with E-state index in [1.54, 1.807) is 0 Å². The summed E-state index contributed by atoms with van der Waals surface area (Å²) in [4.78, 5) is 9.87. The molecule has 0 saturated carbocycles.